The van der Waals surface area contributed by atoms with Crippen LogP contribution in [0.3, 0.4) is 0 Å². The molecule has 1 saturated carbocycles. The number of aromatic nitrogens is 5. The summed E-state index contributed by atoms with van der Waals surface area (Å²) in [7, 11) is 0. The molecular weight excluding hydrogens is 264 g/mol. The summed E-state index contributed by atoms with van der Waals surface area (Å²) in [4.78, 5) is 8.90. The maximum Gasteiger partial charge on any atom is 0.137 e. The Morgan fingerprint density at radius 3 is 2.90 bits per heavy atom. The molecule has 0 saturated heterocycles. The van der Waals surface area contributed by atoms with E-state index in [1.807, 2.05) is 4.68 Å². The molecule has 1 unspecified atom stereocenters. The highest BCUT2D eigenvalue weighted by Crippen LogP contribution is 2.40. The van der Waals surface area contributed by atoms with E-state index in [9.17, 15) is 0 Å². The van der Waals surface area contributed by atoms with Crippen LogP contribution < -0.4 is 5.73 Å². The van der Waals surface area contributed by atoms with Crippen molar-refractivity contribution in [1.82, 2.24) is 24.3 Å². The molecule has 0 radical (unpaired) electrons. The molecule has 21 heavy (non-hydrogen) atoms. The number of fused-ring (bicyclic) bond motifs is 1. The minimum Gasteiger partial charge on any atom is -0.326 e. The summed E-state index contributed by atoms with van der Waals surface area (Å²) in [5, 5.41) is 4.25. The maximum atomic E-state index is 5.74. The van der Waals surface area contributed by atoms with Crippen LogP contribution in [0.4, 0.5) is 0 Å². The first-order valence-corrected chi connectivity index (χ1v) is 7.33. The lowest BCUT2D eigenvalue weighted by Crippen LogP contribution is -2.13. The molecular formula is C15H18N6. The Morgan fingerprint density at radius 1 is 1.38 bits per heavy atom. The van der Waals surface area contributed by atoms with Gasteiger partial charge in [-0.1, -0.05) is 6.07 Å². The zero-order chi connectivity index (χ0) is 14.4. The van der Waals surface area contributed by atoms with Gasteiger partial charge in [0.1, 0.15) is 24.5 Å². The van der Waals surface area contributed by atoms with E-state index in [4.69, 9.17) is 10.7 Å². The fraction of sp³-hybridized carbons (Fsp3) is 0.400. The Bertz CT molecular complexity index is 769. The standard InChI is InChI=1S/C15H18N6/c1-10(20-9-17-8-18-20)15-19-13-6-11(7-16)2-5-14(13)21(15)12-3-4-12/h2,5-6,8-10,12H,3-4,7,16H2,1H3. The third kappa shape index (κ3) is 2.03. The van der Waals surface area contributed by atoms with Gasteiger partial charge in [0.2, 0.25) is 0 Å². The molecule has 1 aliphatic carbocycles. The first kappa shape index (κ1) is 12.5. The fourth-order valence-electron chi connectivity index (χ4n) is 2.84. The predicted molar refractivity (Wildman–Crippen MR) is 79.7 cm³/mol. The molecule has 108 valence electrons. The molecule has 3 aromatic rings. The monoisotopic (exact) mass is 282 g/mol. The predicted octanol–water partition coefficient (Wildman–Crippen LogP) is 2.03. The highest BCUT2D eigenvalue weighted by molar-refractivity contribution is 5.77. The number of nitrogens with zero attached hydrogens (tertiary/aromatic N) is 5. The second-order valence-corrected chi connectivity index (χ2v) is 5.65. The van der Waals surface area contributed by atoms with E-state index >= 15 is 0 Å². The second-order valence-electron chi connectivity index (χ2n) is 5.65. The Balaban J connectivity index is 1.89. The normalized spacial score (nSPS) is 16.5. The van der Waals surface area contributed by atoms with Crippen LogP contribution in [0, 0.1) is 0 Å². The molecule has 2 heterocycles. The van der Waals surface area contributed by atoms with Crippen LogP contribution in [-0.4, -0.2) is 24.3 Å². The molecule has 1 atom stereocenters. The van der Waals surface area contributed by atoms with Crippen molar-refractivity contribution in [1.29, 1.82) is 0 Å². The van der Waals surface area contributed by atoms with Crippen LogP contribution in [0.2, 0.25) is 0 Å². The van der Waals surface area contributed by atoms with E-state index in [1.54, 1.807) is 12.7 Å². The average molecular weight is 282 g/mol. The van der Waals surface area contributed by atoms with Crippen molar-refractivity contribution in [3.8, 4) is 0 Å². The molecule has 2 N–H and O–H groups in total. The van der Waals surface area contributed by atoms with Crippen LogP contribution >= 0.6 is 0 Å². The quantitative estimate of drug-likeness (QED) is 0.794. The molecule has 0 aliphatic heterocycles. The molecule has 1 fully saturated rings. The minimum atomic E-state index is 0.0711. The smallest absolute Gasteiger partial charge is 0.137 e. The van der Waals surface area contributed by atoms with Crippen molar-refractivity contribution in [2.75, 3.05) is 0 Å². The molecule has 6 heteroatoms. The van der Waals surface area contributed by atoms with Crippen molar-refractivity contribution >= 4 is 11.0 Å². The van der Waals surface area contributed by atoms with Crippen LogP contribution in [0.1, 0.15) is 43.2 Å². The largest absolute Gasteiger partial charge is 0.326 e. The summed E-state index contributed by atoms with van der Waals surface area (Å²) in [6, 6.07) is 6.96. The molecule has 1 aromatic carbocycles. The van der Waals surface area contributed by atoms with Crippen molar-refractivity contribution in [3.05, 3.63) is 42.2 Å². The van der Waals surface area contributed by atoms with Gasteiger partial charge in [-0.2, -0.15) is 5.10 Å². The van der Waals surface area contributed by atoms with Gasteiger partial charge in [0.05, 0.1) is 11.0 Å². The lowest BCUT2D eigenvalue weighted by atomic mass is 10.2. The Labute approximate surface area is 122 Å². The minimum absolute atomic E-state index is 0.0711. The zero-order valence-electron chi connectivity index (χ0n) is 12.0. The lowest BCUT2D eigenvalue weighted by molar-refractivity contribution is 0.508. The third-order valence-corrected chi connectivity index (χ3v) is 4.14. The summed E-state index contributed by atoms with van der Waals surface area (Å²) in [5.74, 6) is 1.05. The maximum absolute atomic E-state index is 5.74. The van der Waals surface area contributed by atoms with E-state index in [1.165, 1.54) is 18.4 Å². The first-order valence-electron chi connectivity index (χ1n) is 7.33. The second kappa shape index (κ2) is 4.66. The summed E-state index contributed by atoms with van der Waals surface area (Å²) in [6.45, 7) is 2.65. The lowest BCUT2D eigenvalue weighted by Gasteiger charge is -2.14. The van der Waals surface area contributed by atoms with Gasteiger partial charge >= 0.3 is 0 Å². The van der Waals surface area contributed by atoms with Crippen LogP contribution in [0.5, 0.6) is 0 Å². The van der Waals surface area contributed by atoms with E-state index in [0.29, 0.717) is 12.6 Å². The van der Waals surface area contributed by atoms with Crippen LogP contribution in [-0.2, 0) is 6.54 Å². The number of nitrogens with two attached hydrogens (primary N) is 1. The number of hydrogen-bond donors (Lipinski definition) is 1. The summed E-state index contributed by atoms with van der Waals surface area (Å²) in [5.41, 5.74) is 9.06. The summed E-state index contributed by atoms with van der Waals surface area (Å²) < 4.78 is 4.21. The molecule has 6 nitrogen and oxygen atoms in total. The van der Waals surface area contributed by atoms with Crippen molar-refractivity contribution in [2.24, 2.45) is 5.73 Å². The highest BCUT2D eigenvalue weighted by Gasteiger charge is 2.30. The van der Waals surface area contributed by atoms with E-state index in [-0.39, 0.29) is 6.04 Å². The third-order valence-electron chi connectivity index (χ3n) is 4.14. The molecule has 2 aromatic heterocycles. The molecule has 0 bridgehead atoms. The Hall–Kier alpha value is -2.21. The van der Waals surface area contributed by atoms with Gasteiger partial charge in [-0.25, -0.2) is 14.6 Å². The number of imidazole rings is 1. The SMILES string of the molecule is CC(c1nc2cc(CN)ccc2n1C1CC1)n1cncn1. The van der Waals surface area contributed by atoms with Crippen LogP contribution in [0.15, 0.2) is 30.9 Å². The molecule has 0 spiro atoms. The average Bonchev–Trinajstić information content (AvgIpc) is 3.06. The topological polar surface area (TPSA) is 74.5 Å². The number of benzene rings is 1. The van der Waals surface area contributed by atoms with Crippen molar-refractivity contribution in [2.45, 2.75) is 38.4 Å². The highest BCUT2D eigenvalue weighted by atomic mass is 15.3. The van der Waals surface area contributed by atoms with Gasteiger partial charge in [-0.05, 0) is 37.5 Å². The van der Waals surface area contributed by atoms with Gasteiger partial charge in [0, 0.05) is 12.6 Å². The summed E-state index contributed by atoms with van der Waals surface area (Å²) in [6.07, 6.45) is 5.75. The van der Waals surface area contributed by atoms with Crippen molar-refractivity contribution < 1.29 is 0 Å². The van der Waals surface area contributed by atoms with Gasteiger partial charge in [-0.15, -0.1) is 0 Å². The molecule has 4 rings (SSSR count). The number of rotatable bonds is 4. The van der Waals surface area contributed by atoms with Crippen molar-refractivity contribution in [3.63, 3.8) is 0 Å². The van der Waals surface area contributed by atoms with Gasteiger partial charge in [0.25, 0.3) is 0 Å². The Morgan fingerprint density at radius 2 is 2.24 bits per heavy atom. The van der Waals surface area contributed by atoms with E-state index in [2.05, 4.69) is 39.8 Å². The zero-order valence-corrected chi connectivity index (χ0v) is 12.0. The van der Waals surface area contributed by atoms with E-state index in [0.717, 1.165) is 16.9 Å². The van der Waals surface area contributed by atoms with Gasteiger partial charge in [0.15, 0.2) is 0 Å². The first-order chi connectivity index (χ1) is 10.3. The van der Waals surface area contributed by atoms with Crippen LogP contribution in [0.25, 0.3) is 11.0 Å². The fourth-order valence-corrected chi connectivity index (χ4v) is 2.84. The van der Waals surface area contributed by atoms with E-state index < -0.39 is 0 Å². The summed E-state index contributed by atoms with van der Waals surface area (Å²) >= 11 is 0. The van der Waals surface area contributed by atoms with Gasteiger partial charge < -0.3 is 10.3 Å². The number of hydrogen-bond acceptors (Lipinski definition) is 4. The molecule has 0 amide bonds. The Kier molecular flexibility index (Phi) is 2.78. The molecule has 1 aliphatic rings. The van der Waals surface area contributed by atoms with Gasteiger partial charge in [-0.3, -0.25) is 0 Å².